The van der Waals surface area contributed by atoms with Crippen LogP contribution >= 0.6 is 0 Å². The van der Waals surface area contributed by atoms with Gasteiger partial charge in [0, 0.05) is 19.6 Å². The third-order valence-electron chi connectivity index (χ3n) is 3.07. The molecular weight excluding hydrogens is 257 g/mol. The number of rotatable bonds is 4. The molecule has 1 aromatic carbocycles. The van der Waals surface area contributed by atoms with Crippen LogP contribution in [0.4, 0.5) is 4.39 Å². The van der Waals surface area contributed by atoms with E-state index in [0.29, 0.717) is 0 Å². The van der Waals surface area contributed by atoms with Gasteiger partial charge in [0.05, 0.1) is 16.8 Å². The Hall–Kier alpha value is -0.980. The summed E-state index contributed by atoms with van der Waals surface area (Å²) in [7, 11) is -3.33. The Kier molecular flexibility index (Phi) is 3.99. The van der Waals surface area contributed by atoms with Crippen LogP contribution in [0.15, 0.2) is 35.2 Å². The van der Waals surface area contributed by atoms with E-state index in [1.807, 2.05) is 0 Å². The molecule has 18 heavy (non-hydrogen) atoms. The Labute approximate surface area is 106 Å². The molecule has 4 nitrogen and oxygen atoms in total. The van der Waals surface area contributed by atoms with Gasteiger partial charge in [-0.3, -0.25) is 4.90 Å². The van der Waals surface area contributed by atoms with E-state index in [0.717, 1.165) is 0 Å². The number of likely N-dealkylation sites (tertiary alicyclic amines) is 1. The van der Waals surface area contributed by atoms with Crippen molar-refractivity contribution in [3.8, 4) is 0 Å². The van der Waals surface area contributed by atoms with Crippen molar-refractivity contribution in [3.05, 3.63) is 30.3 Å². The van der Waals surface area contributed by atoms with Gasteiger partial charge in [0.2, 0.25) is 0 Å². The first kappa shape index (κ1) is 13.5. The minimum absolute atomic E-state index is 0.0591. The highest BCUT2D eigenvalue weighted by molar-refractivity contribution is 7.91. The molecule has 1 saturated heterocycles. The zero-order valence-electron chi connectivity index (χ0n) is 9.87. The van der Waals surface area contributed by atoms with E-state index in [2.05, 4.69) is 0 Å². The summed E-state index contributed by atoms with van der Waals surface area (Å²) in [5.74, 6) is -0.0591. The van der Waals surface area contributed by atoms with E-state index in [-0.39, 0.29) is 30.3 Å². The van der Waals surface area contributed by atoms with Crippen LogP contribution in [0.25, 0.3) is 0 Å². The average Bonchev–Trinajstić information content (AvgIpc) is 2.68. The molecule has 100 valence electrons. The van der Waals surface area contributed by atoms with Crippen LogP contribution in [-0.2, 0) is 9.84 Å². The van der Waals surface area contributed by atoms with Crippen molar-refractivity contribution in [2.75, 3.05) is 25.4 Å². The molecule has 0 radical (unpaired) electrons. The van der Waals surface area contributed by atoms with Gasteiger partial charge in [-0.05, 0) is 12.1 Å². The second-order valence-corrected chi connectivity index (χ2v) is 6.58. The maximum absolute atomic E-state index is 13.1. The second-order valence-electron chi connectivity index (χ2n) is 4.47. The summed E-state index contributed by atoms with van der Waals surface area (Å²) in [5, 5.41) is 9.25. The predicted molar refractivity (Wildman–Crippen MR) is 65.8 cm³/mol. The lowest BCUT2D eigenvalue weighted by molar-refractivity contribution is 0.116. The number of sulfone groups is 1. The number of nitrogens with zero attached hydrogens (tertiary/aromatic N) is 1. The van der Waals surface area contributed by atoms with Gasteiger partial charge in [-0.15, -0.1) is 0 Å². The van der Waals surface area contributed by atoms with Gasteiger partial charge in [0.15, 0.2) is 9.84 Å². The van der Waals surface area contributed by atoms with E-state index >= 15 is 0 Å². The monoisotopic (exact) mass is 273 g/mol. The lowest BCUT2D eigenvalue weighted by atomic mass is 10.3. The molecule has 0 aromatic heterocycles. The first-order valence-corrected chi connectivity index (χ1v) is 7.46. The SMILES string of the molecule is O=S(=O)(CCN1C[C@@H](O)[C@H](F)C1)c1ccccc1. The summed E-state index contributed by atoms with van der Waals surface area (Å²) >= 11 is 0. The quantitative estimate of drug-likeness (QED) is 0.866. The highest BCUT2D eigenvalue weighted by atomic mass is 32.2. The molecule has 1 heterocycles. The number of benzene rings is 1. The Morgan fingerprint density at radius 2 is 1.94 bits per heavy atom. The molecule has 2 atom stereocenters. The van der Waals surface area contributed by atoms with Gasteiger partial charge >= 0.3 is 0 Å². The van der Waals surface area contributed by atoms with Gasteiger partial charge < -0.3 is 5.11 Å². The largest absolute Gasteiger partial charge is 0.389 e. The maximum atomic E-state index is 13.1. The van der Waals surface area contributed by atoms with Crippen molar-refractivity contribution in [1.82, 2.24) is 4.90 Å². The van der Waals surface area contributed by atoms with E-state index in [1.165, 1.54) is 0 Å². The first-order valence-electron chi connectivity index (χ1n) is 5.81. The molecular formula is C12H16FNO3S. The fourth-order valence-corrected chi connectivity index (χ4v) is 3.31. The highest BCUT2D eigenvalue weighted by Crippen LogP contribution is 2.15. The van der Waals surface area contributed by atoms with Crippen LogP contribution in [0.1, 0.15) is 0 Å². The standard InChI is InChI=1S/C12H16FNO3S/c13-11-8-14(9-12(11)15)6-7-18(16,17)10-4-2-1-3-5-10/h1-5,11-12,15H,6-9H2/t11-,12-/m1/s1. The van der Waals surface area contributed by atoms with Crippen molar-refractivity contribution < 1.29 is 17.9 Å². The summed E-state index contributed by atoms with van der Waals surface area (Å²) in [6.07, 6.45) is -2.27. The van der Waals surface area contributed by atoms with Crippen LogP contribution in [0, 0.1) is 0 Å². The topological polar surface area (TPSA) is 57.6 Å². The number of aliphatic hydroxyl groups excluding tert-OH is 1. The number of β-amino-alcohol motifs (C(OH)–C–C–N with tert-alkyl or cyclic N) is 1. The van der Waals surface area contributed by atoms with Crippen molar-refractivity contribution >= 4 is 9.84 Å². The Morgan fingerprint density at radius 3 is 2.50 bits per heavy atom. The van der Waals surface area contributed by atoms with Crippen LogP contribution in [0.5, 0.6) is 0 Å². The van der Waals surface area contributed by atoms with Gasteiger partial charge in [-0.1, -0.05) is 18.2 Å². The van der Waals surface area contributed by atoms with E-state index in [1.54, 1.807) is 35.2 Å². The fourth-order valence-electron chi connectivity index (χ4n) is 2.00. The summed E-state index contributed by atoms with van der Waals surface area (Å²) in [4.78, 5) is 1.91. The van der Waals surface area contributed by atoms with E-state index < -0.39 is 22.1 Å². The van der Waals surface area contributed by atoms with E-state index in [4.69, 9.17) is 0 Å². The van der Waals surface area contributed by atoms with Crippen molar-refractivity contribution in [2.45, 2.75) is 17.2 Å². The summed E-state index contributed by atoms with van der Waals surface area (Å²) < 4.78 is 37.0. The zero-order valence-corrected chi connectivity index (χ0v) is 10.7. The molecule has 0 saturated carbocycles. The lowest BCUT2D eigenvalue weighted by Gasteiger charge is -2.14. The molecule has 1 aromatic rings. The number of alkyl halides is 1. The minimum atomic E-state index is -3.33. The van der Waals surface area contributed by atoms with Crippen LogP contribution in [0.2, 0.25) is 0 Å². The van der Waals surface area contributed by atoms with Gasteiger partial charge in [-0.25, -0.2) is 12.8 Å². The number of hydrogen-bond acceptors (Lipinski definition) is 4. The van der Waals surface area contributed by atoms with Gasteiger partial charge in [-0.2, -0.15) is 0 Å². The molecule has 0 unspecified atom stereocenters. The van der Waals surface area contributed by atoms with Crippen LogP contribution in [-0.4, -0.2) is 56.1 Å². The van der Waals surface area contributed by atoms with Gasteiger partial charge in [0.25, 0.3) is 0 Å². The summed E-state index contributed by atoms with van der Waals surface area (Å²) in [6.45, 7) is 0.547. The minimum Gasteiger partial charge on any atom is -0.389 e. The molecule has 1 fully saturated rings. The third kappa shape index (κ3) is 3.07. The molecule has 1 aliphatic rings. The highest BCUT2D eigenvalue weighted by Gasteiger charge is 2.31. The molecule has 0 spiro atoms. The molecule has 1 N–H and O–H groups in total. The fraction of sp³-hybridized carbons (Fsp3) is 0.500. The maximum Gasteiger partial charge on any atom is 0.179 e. The molecule has 0 amide bonds. The first-order chi connectivity index (χ1) is 8.49. The number of aliphatic hydroxyl groups is 1. The van der Waals surface area contributed by atoms with Crippen LogP contribution < -0.4 is 0 Å². The molecule has 6 heteroatoms. The summed E-state index contributed by atoms with van der Waals surface area (Å²) in [5.41, 5.74) is 0. The third-order valence-corrected chi connectivity index (χ3v) is 4.78. The van der Waals surface area contributed by atoms with Crippen molar-refractivity contribution in [2.24, 2.45) is 0 Å². The smallest absolute Gasteiger partial charge is 0.179 e. The molecule has 1 aliphatic heterocycles. The molecule has 0 bridgehead atoms. The number of halogens is 1. The van der Waals surface area contributed by atoms with Crippen molar-refractivity contribution in [3.63, 3.8) is 0 Å². The Morgan fingerprint density at radius 1 is 1.28 bits per heavy atom. The molecule has 2 rings (SSSR count). The van der Waals surface area contributed by atoms with Crippen molar-refractivity contribution in [1.29, 1.82) is 0 Å². The van der Waals surface area contributed by atoms with Crippen LogP contribution in [0.3, 0.4) is 0 Å². The lowest BCUT2D eigenvalue weighted by Crippen LogP contribution is -2.28. The Balaban J connectivity index is 1.95. The average molecular weight is 273 g/mol. The summed E-state index contributed by atoms with van der Waals surface area (Å²) in [6, 6.07) is 8.19. The van der Waals surface area contributed by atoms with E-state index in [9.17, 15) is 17.9 Å². The zero-order chi connectivity index (χ0) is 13.2. The Bertz CT molecular complexity index is 481. The normalized spacial score (nSPS) is 25.4. The number of hydrogen-bond donors (Lipinski definition) is 1. The predicted octanol–water partition coefficient (Wildman–Crippen LogP) is 0.475. The molecule has 0 aliphatic carbocycles. The second kappa shape index (κ2) is 5.34. The van der Waals surface area contributed by atoms with Gasteiger partial charge in [0.1, 0.15) is 6.17 Å².